The van der Waals surface area contributed by atoms with Gasteiger partial charge in [-0.25, -0.2) is 13.2 Å². The van der Waals surface area contributed by atoms with Gasteiger partial charge in [0.15, 0.2) is 0 Å². The molecule has 1 unspecified atom stereocenters. The van der Waals surface area contributed by atoms with E-state index >= 15 is 0 Å². The average Bonchev–Trinajstić information content (AvgIpc) is 2.79. The van der Waals surface area contributed by atoms with Crippen molar-refractivity contribution < 1.29 is 31.4 Å². The van der Waals surface area contributed by atoms with Crippen LogP contribution in [0.1, 0.15) is 29.2 Å². The van der Waals surface area contributed by atoms with Crippen LogP contribution in [0, 0.1) is 17.5 Å². The lowest BCUT2D eigenvalue weighted by molar-refractivity contribution is -0.137. The maximum Gasteiger partial charge on any atom is 0.416 e. The van der Waals surface area contributed by atoms with E-state index in [1.807, 2.05) is 0 Å². The van der Waals surface area contributed by atoms with Gasteiger partial charge in [-0.05, 0) is 70.1 Å². The summed E-state index contributed by atoms with van der Waals surface area (Å²) >= 11 is 0. The van der Waals surface area contributed by atoms with Gasteiger partial charge in [0, 0.05) is 24.4 Å². The Hall–Kier alpha value is -3.30. The van der Waals surface area contributed by atoms with Crippen LogP contribution in [0.15, 0.2) is 65.7 Å². The van der Waals surface area contributed by atoms with Crippen molar-refractivity contribution in [1.82, 2.24) is 0 Å². The van der Waals surface area contributed by atoms with Crippen LogP contribution in [-0.4, -0.2) is 17.5 Å². The van der Waals surface area contributed by atoms with E-state index < -0.39 is 29.5 Å². The van der Waals surface area contributed by atoms with E-state index in [4.69, 9.17) is 5.73 Å². The summed E-state index contributed by atoms with van der Waals surface area (Å²) < 4.78 is 81.4. The number of aliphatic hydroxyl groups excluding tert-OH is 1. The molecule has 190 valence electrons. The predicted octanol–water partition coefficient (Wildman–Crippen LogP) is 6.87. The molecule has 0 aliphatic heterocycles. The predicted molar refractivity (Wildman–Crippen MR) is 130 cm³/mol. The Labute approximate surface area is 208 Å². The van der Waals surface area contributed by atoms with E-state index in [0.717, 1.165) is 23.8 Å². The summed E-state index contributed by atoms with van der Waals surface area (Å²) in [5.74, 6) is -2.17. The molecule has 36 heavy (non-hydrogen) atoms. The SMILES string of the molecule is Cl.NC(CC(O)c1cc2c(F)cc(F)cc2c2cc(C(F)(F)F)ccc12)=NCCc1ccc(F)cc1. The molecule has 0 saturated carbocycles. The molecule has 0 fully saturated rings. The van der Waals surface area contributed by atoms with E-state index in [1.54, 1.807) is 12.1 Å². The molecule has 0 heterocycles. The maximum absolute atomic E-state index is 14.6. The van der Waals surface area contributed by atoms with Crippen molar-refractivity contribution in [1.29, 1.82) is 0 Å². The average molecular weight is 527 g/mol. The minimum Gasteiger partial charge on any atom is -0.388 e. The number of nitrogens with two attached hydrogens (primary N) is 1. The molecule has 4 rings (SSSR count). The smallest absolute Gasteiger partial charge is 0.388 e. The highest BCUT2D eigenvalue weighted by Gasteiger charge is 2.31. The number of halogens is 7. The van der Waals surface area contributed by atoms with E-state index in [0.29, 0.717) is 12.5 Å². The largest absolute Gasteiger partial charge is 0.416 e. The third-order valence-corrected chi connectivity index (χ3v) is 5.73. The Morgan fingerprint density at radius 1 is 0.833 bits per heavy atom. The summed E-state index contributed by atoms with van der Waals surface area (Å²) in [5.41, 5.74) is 5.95. The fraction of sp³-hybridized carbons (Fsp3) is 0.192. The van der Waals surface area contributed by atoms with E-state index in [9.17, 15) is 31.4 Å². The minimum atomic E-state index is -4.66. The van der Waals surface area contributed by atoms with Gasteiger partial charge in [0.2, 0.25) is 0 Å². The molecule has 0 bridgehead atoms. The summed E-state index contributed by atoms with van der Waals surface area (Å²) in [5, 5.41) is 10.8. The van der Waals surface area contributed by atoms with E-state index in [-0.39, 0.29) is 64.1 Å². The number of aliphatic hydroxyl groups is 1. The van der Waals surface area contributed by atoms with E-state index in [2.05, 4.69) is 4.99 Å². The molecule has 3 nitrogen and oxygen atoms in total. The van der Waals surface area contributed by atoms with Gasteiger partial charge >= 0.3 is 6.18 Å². The molecule has 10 heteroatoms. The standard InChI is InChI=1S/C26H20F6N2O.ClH/c27-16-4-1-14(2-5-16)7-8-34-25(33)13-24(35)22-12-21-20(10-17(28)11-23(21)29)19-9-15(26(30,31)32)3-6-18(19)22;/h1-6,9-12,24,35H,7-8,13H2,(H2,33,34);1H. The quantitative estimate of drug-likeness (QED) is 0.125. The van der Waals surface area contributed by atoms with Gasteiger partial charge in [0.1, 0.15) is 17.5 Å². The Kier molecular flexibility index (Phi) is 8.15. The topological polar surface area (TPSA) is 58.6 Å². The summed E-state index contributed by atoms with van der Waals surface area (Å²) in [7, 11) is 0. The zero-order chi connectivity index (χ0) is 25.3. The molecule has 0 aromatic heterocycles. The number of fused-ring (bicyclic) bond motifs is 3. The second-order valence-corrected chi connectivity index (χ2v) is 8.18. The van der Waals surface area contributed by atoms with Crippen molar-refractivity contribution in [3.05, 3.63) is 94.8 Å². The molecule has 0 saturated heterocycles. The number of aliphatic imine (C=N–C) groups is 1. The number of alkyl halides is 3. The zero-order valence-electron chi connectivity index (χ0n) is 18.6. The van der Waals surface area contributed by atoms with Gasteiger partial charge in [0.05, 0.1) is 17.5 Å². The van der Waals surface area contributed by atoms with Gasteiger partial charge in [0.25, 0.3) is 0 Å². The first kappa shape index (κ1) is 27.3. The van der Waals surface area contributed by atoms with Crippen LogP contribution in [0.3, 0.4) is 0 Å². The second-order valence-electron chi connectivity index (χ2n) is 8.18. The maximum atomic E-state index is 14.6. The zero-order valence-corrected chi connectivity index (χ0v) is 19.4. The Morgan fingerprint density at radius 3 is 2.17 bits per heavy atom. The van der Waals surface area contributed by atoms with Crippen molar-refractivity contribution in [2.45, 2.75) is 25.1 Å². The van der Waals surface area contributed by atoms with Crippen LogP contribution in [0.2, 0.25) is 0 Å². The number of rotatable bonds is 6. The lowest BCUT2D eigenvalue weighted by Crippen LogP contribution is -2.17. The second kappa shape index (κ2) is 10.8. The van der Waals surface area contributed by atoms with Crippen LogP contribution in [0.5, 0.6) is 0 Å². The minimum absolute atomic E-state index is 0. The summed E-state index contributed by atoms with van der Waals surface area (Å²) in [6, 6.07) is 11.6. The van der Waals surface area contributed by atoms with Gasteiger partial charge in [-0.1, -0.05) is 18.2 Å². The molecular formula is C26H21ClF6N2O. The first-order valence-corrected chi connectivity index (χ1v) is 10.7. The summed E-state index contributed by atoms with van der Waals surface area (Å²) in [6.07, 6.45) is -5.65. The van der Waals surface area contributed by atoms with Crippen molar-refractivity contribution in [3.63, 3.8) is 0 Å². The highest BCUT2D eigenvalue weighted by atomic mass is 35.5. The lowest BCUT2D eigenvalue weighted by atomic mass is 9.92. The Bertz CT molecular complexity index is 1420. The van der Waals surface area contributed by atoms with Gasteiger partial charge < -0.3 is 10.8 Å². The van der Waals surface area contributed by atoms with Crippen LogP contribution < -0.4 is 5.73 Å². The first-order valence-electron chi connectivity index (χ1n) is 10.7. The fourth-order valence-electron chi connectivity index (χ4n) is 4.01. The molecule has 4 aromatic carbocycles. The van der Waals surface area contributed by atoms with E-state index in [1.165, 1.54) is 24.3 Å². The molecule has 0 spiro atoms. The molecule has 0 aliphatic rings. The lowest BCUT2D eigenvalue weighted by Gasteiger charge is -2.18. The van der Waals surface area contributed by atoms with Crippen molar-refractivity contribution in [3.8, 4) is 0 Å². The summed E-state index contributed by atoms with van der Waals surface area (Å²) in [4.78, 5) is 4.19. The number of hydrogen-bond acceptors (Lipinski definition) is 2. The third kappa shape index (κ3) is 5.91. The highest BCUT2D eigenvalue weighted by Crippen LogP contribution is 2.38. The van der Waals surface area contributed by atoms with Crippen molar-refractivity contribution >= 4 is 39.8 Å². The normalized spacial score (nSPS) is 13.1. The number of benzene rings is 4. The Morgan fingerprint density at radius 2 is 1.50 bits per heavy atom. The van der Waals surface area contributed by atoms with Crippen LogP contribution >= 0.6 is 12.4 Å². The van der Waals surface area contributed by atoms with Gasteiger partial charge in [-0.15, -0.1) is 12.4 Å². The Balaban J connectivity index is 0.00000361. The van der Waals surface area contributed by atoms with Crippen LogP contribution in [-0.2, 0) is 12.6 Å². The molecule has 0 aliphatic carbocycles. The van der Waals surface area contributed by atoms with Crippen molar-refractivity contribution in [2.24, 2.45) is 10.7 Å². The van der Waals surface area contributed by atoms with Crippen LogP contribution in [0.25, 0.3) is 21.5 Å². The number of hydrogen-bond donors (Lipinski definition) is 2. The molecule has 4 aromatic rings. The summed E-state index contributed by atoms with van der Waals surface area (Å²) in [6.45, 7) is 0.269. The monoisotopic (exact) mass is 526 g/mol. The first-order chi connectivity index (χ1) is 16.5. The molecule has 1 atom stereocenters. The molecule has 0 amide bonds. The fourth-order valence-corrected chi connectivity index (χ4v) is 4.01. The van der Waals surface area contributed by atoms with Gasteiger partial charge in [-0.2, -0.15) is 13.2 Å². The van der Waals surface area contributed by atoms with Crippen LogP contribution in [0.4, 0.5) is 26.3 Å². The van der Waals surface area contributed by atoms with Gasteiger partial charge in [-0.3, -0.25) is 4.99 Å². The highest BCUT2D eigenvalue weighted by molar-refractivity contribution is 6.09. The number of nitrogens with zero attached hydrogens (tertiary/aromatic N) is 1. The third-order valence-electron chi connectivity index (χ3n) is 5.73. The molecule has 3 N–H and O–H groups in total. The van der Waals surface area contributed by atoms with Crippen molar-refractivity contribution in [2.75, 3.05) is 6.54 Å². The number of amidine groups is 1. The molecule has 0 radical (unpaired) electrons. The molecular weight excluding hydrogens is 506 g/mol.